The molecule has 0 unspecified atom stereocenters. The van der Waals surface area contributed by atoms with Gasteiger partial charge >= 0.3 is 6.09 Å². The van der Waals surface area contributed by atoms with Gasteiger partial charge < -0.3 is 29.2 Å². The minimum absolute atomic E-state index is 0.0133. The van der Waals surface area contributed by atoms with Gasteiger partial charge in [0.15, 0.2) is 0 Å². The number of benzene rings is 2. The van der Waals surface area contributed by atoms with Crippen LogP contribution >= 0.6 is 0 Å². The summed E-state index contributed by atoms with van der Waals surface area (Å²) in [7, 11) is 5.82. The zero-order valence-corrected chi connectivity index (χ0v) is 25.8. The van der Waals surface area contributed by atoms with Gasteiger partial charge in [0.25, 0.3) is 5.56 Å². The van der Waals surface area contributed by atoms with Crippen molar-refractivity contribution in [2.45, 2.75) is 32.0 Å². The van der Waals surface area contributed by atoms with Crippen LogP contribution in [0.3, 0.4) is 0 Å². The molecule has 0 radical (unpaired) electrons. The predicted molar refractivity (Wildman–Crippen MR) is 166 cm³/mol. The number of hydrogen-bond donors (Lipinski definition) is 2. The number of likely N-dealkylation sites (N-methyl/N-ethyl adjacent to an activating group) is 2. The van der Waals surface area contributed by atoms with E-state index in [-0.39, 0.29) is 36.7 Å². The zero-order chi connectivity index (χ0) is 33.4. The minimum atomic E-state index is -1.00. The van der Waals surface area contributed by atoms with Crippen molar-refractivity contribution in [3.8, 4) is 5.75 Å². The number of rotatable bonds is 12. The van der Waals surface area contributed by atoms with Gasteiger partial charge in [0.05, 0.1) is 19.2 Å². The summed E-state index contributed by atoms with van der Waals surface area (Å²) in [6, 6.07) is 10.4. The molecule has 0 spiro atoms. The number of pyridine rings is 1. The van der Waals surface area contributed by atoms with Crippen molar-refractivity contribution in [3.63, 3.8) is 0 Å². The first-order chi connectivity index (χ1) is 22.0. The summed E-state index contributed by atoms with van der Waals surface area (Å²) >= 11 is 0. The highest BCUT2D eigenvalue weighted by Gasteiger charge is 2.28. The number of methoxy groups -OCH3 is 1. The van der Waals surface area contributed by atoms with Crippen molar-refractivity contribution in [3.05, 3.63) is 100 Å². The van der Waals surface area contributed by atoms with Crippen LogP contribution in [-0.2, 0) is 27.5 Å². The minimum Gasteiger partial charge on any atom is -0.486 e. The Balaban J connectivity index is 1.49. The van der Waals surface area contributed by atoms with E-state index >= 15 is 0 Å². The molecule has 0 saturated heterocycles. The lowest BCUT2D eigenvalue weighted by atomic mass is 10.1. The van der Waals surface area contributed by atoms with Gasteiger partial charge in [-0.2, -0.15) is 0 Å². The topological polar surface area (TPSA) is 139 Å². The first-order valence-corrected chi connectivity index (χ1v) is 14.2. The molecule has 2 heterocycles. The van der Waals surface area contributed by atoms with E-state index in [0.29, 0.717) is 29.0 Å². The fourth-order valence-corrected chi connectivity index (χ4v) is 4.54. The van der Waals surface area contributed by atoms with Crippen molar-refractivity contribution in [2.75, 3.05) is 33.6 Å². The summed E-state index contributed by atoms with van der Waals surface area (Å²) in [5, 5.41) is 2.61. The first-order valence-electron chi connectivity index (χ1n) is 14.2. The van der Waals surface area contributed by atoms with Crippen LogP contribution in [0, 0.1) is 11.6 Å². The summed E-state index contributed by atoms with van der Waals surface area (Å²) < 4.78 is 39.2. The Labute approximate surface area is 263 Å². The largest absolute Gasteiger partial charge is 0.486 e. The lowest BCUT2D eigenvalue weighted by Gasteiger charge is -2.25. The number of halogens is 2. The Bertz CT molecular complexity index is 1820. The molecule has 2 aromatic carbocycles. The molecule has 3 amide bonds. The van der Waals surface area contributed by atoms with Crippen molar-refractivity contribution in [1.29, 1.82) is 0 Å². The summed E-state index contributed by atoms with van der Waals surface area (Å²) in [6.07, 6.45) is 4.23. The number of hydrogen-bond acceptors (Lipinski definition) is 7. The number of anilines is 1. The van der Waals surface area contributed by atoms with Gasteiger partial charge in [-0.15, -0.1) is 0 Å². The van der Waals surface area contributed by atoms with E-state index in [2.05, 4.69) is 15.3 Å². The van der Waals surface area contributed by atoms with Gasteiger partial charge in [0.2, 0.25) is 11.8 Å². The number of carbonyl (C=O) groups is 3. The summed E-state index contributed by atoms with van der Waals surface area (Å²) in [5.41, 5.74) is 0.703. The summed E-state index contributed by atoms with van der Waals surface area (Å²) in [4.78, 5) is 60.9. The monoisotopic (exact) mass is 636 g/mol. The number of amides is 3. The van der Waals surface area contributed by atoms with Crippen LogP contribution in [0.1, 0.15) is 24.2 Å². The summed E-state index contributed by atoms with van der Waals surface area (Å²) in [5.74, 6) is -1.47. The van der Waals surface area contributed by atoms with E-state index < -0.39 is 35.2 Å². The van der Waals surface area contributed by atoms with Crippen LogP contribution in [0.2, 0.25) is 0 Å². The second kappa shape index (κ2) is 15.0. The molecule has 14 heteroatoms. The molecule has 2 N–H and O–H groups in total. The molecular formula is C32H34F2N6O6. The maximum Gasteiger partial charge on any atom is 0.409 e. The SMILES string of the molecule is COC(=O)N(C)[C@@H](CC/C=C/C(=O)N(C)C)C(=O)Nc1cccn(Cc2nc3c(OCc4ccc(F)cc4F)cccc3[nH]2)c1=O. The molecule has 0 aliphatic heterocycles. The Morgan fingerprint density at radius 3 is 2.61 bits per heavy atom. The molecule has 0 bridgehead atoms. The van der Waals surface area contributed by atoms with Crippen LogP contribution in [-0.4, -0.2) is 76.5 Å². The highest BCUT2D eigenvalue weighted by molar-refractivity contribution is 5.96. The van der Waals surface area contributed by atoms with Gasteiger partial charge in [-0.3, -0.25) is 19.3 Å². The van der Waals surface area contributed by atoms with Crippen LogP contribution in [0.15, 0.2) is 71.7 Å². The number of para-hydroxylation sites is 1. The molecule has 12 nitrogen and oxygen atoms in total. The average Bonchev–Trinajstić information content (AvgIpc) is 3.44. The van der Waals surface area contributed by atoms with Crippen molar-refractivity contribution < 1.29 is 32.6 Å². The van der Waals surface area contributed by atoms with Crippen LogP contribution in [0.25, 0.3) is 11.0 Å². The highest BCUT2D eigenvalue weighted by atomic mass is 19.1. The second-order valence-electron chi connectivity index (χ2n) is 10.5. The third kappa shape index (κ3) is 8.14. The third-order valence-corrected chi connectivity index (χ3v) is 7.06. The Morgan fingerprint density at radius 2 is 1.89 bits per heavy atom. The summed E-state index contributed by atoms with van der Waals surface area (Å²) in [6.45, 7) is -0.134. The molecule has 0 aliphatic carbocycles. The van der Waals surface area contributed by atoms with Gasteiger partial charge in [-0.25, -0.2) is 18.6 Å². The normalized spacial score (nSPS) is 11.8. The van der Waals surface area contributed by atoms with Crippen LogP contribution in [0.5, 0.6) is 5.75 Å². The highest BCUT2D eigenvalue weighted by Crippen LogP contribution is 2.25. The van der Waals surface area contributed by atoms with Gasteiger partial charge in [0.1, 0.15) is 47.1 Å². The number of nitrogens with zero attached hydrogens (tertiary/aromatic N) is 4. The standard InChI is InChI=1S/C32H34F2N6O6/c1-38(2)28(41)13-6-5-11-25(39(3)32(44)45-4)30(42)36-24-10-8-16-40(31(24)43)18-27-35-23-9-7-12-26(29(23)37-27)46-19-20-14-15-21(33)17-22(20)34/h6-10,12-17,25H,5,11,18-19H2,1-4H3,(H,35,37)(H,36,42)/b13-6+/t25-/m0/s1. The quantitative estimate of drug-likeness (QED) is 0.224. The number of allylic oxidation sites excluding steroid dienone is 1. The maximum absolute atomic E-state index is 14.1. The van der Waals surface area contributed by atoms with E-state index in [9.17, 15) is 28.0 Å². The maximum atomic E-state index is 14.1. The molecule has 242 valence electrons. The van der Waals surface area contributed by atoms with E-state index in [1.165, 1.54) is 48.0 Å². The third-order valence-electron chi connectivity index (χ3n) is 7.06. The molecule has 1 atom stereocenters. The molecular weight excluding hydrogens is 602 g/mol. The van der Waals surface area contributed by atoms with Crippen LogP contribution < -0.4 is 15.6 Å². The number of ether oxygens (including phenoxy) is 2. The average molecular weight is 637 g/mol. The number of imidazole rings is 1. The van der Waals surface area contributed by atoms with Crippen LogP contribution in [0.4, 0.5) is 19.3 Å². The zero-order valence-electron chi connectivity index (χ0n) is 25.8. The number of carbonyl (C=O) groups excluding carboxylic acids is 3. The molecule has 0 saturated carbocycles. The molecule has 4 rings (SSSR count). The molecule has 4 aromatic rings. The van der Waals surface area contributed by atoms with Crippen molar-refractivity contribution in [2.24, 2.45) is 0 Å². The second-order valence-corrected chi connectivity index (χ2v) is 10.5. The molecule has 0 aliphatic rings. The Morgan fingerprint density at radius 1 is 1.11 bits per heavy atom. The molecule has 0 fully saturated rings. The number of aromatic amines is 1. The van der Waals surface area contributed by atoms with Gasteiger partial charge in [-0.05, 0) is 55.3 Å². The lowest BCUT2D eigenvalue weighted by Crippen LogP contribution is -2.45. The lowest BCUT2D eigenvalue weighted by molar-refractivity contribution is -0.123. The van der Waals surface area contributed by atoms with E-state index in [1.54, 1.807) is 44.4 Å². The van der Waals surface area contributed by atoms with E-state index in [0.717, 1.165) is 17.0 Å². The number of aromatic nitrogens is 3. The van der Waals surface area contributed by atoms with E-state index in [1.807, 2.05) is 0 Å². The van der Waals surface area contributed by atoms with E-state index in [4.69, 9.17) is 9.47 Å². The molecule has 46 heavy (non-hydrogen) atoms. The molecule has 2 aromatic heterocycles. The van der Waals surface area contributed by atoms with Gasteiger partial charge in [-0.1, -0.05) is 12.1 Å². The fourth-order valence-electron chi connectivity index (χ4n) is 4.54. The smallest absolute Gasteiger partial charge is 0.409 e. The fraction of sp³-hybridized carbons (Fsp3) is 0.281. The Kier molecular flexibility index (Phi) is 10.9. The number of nitrogens with one attached hydrogen (secondary N) is 2. The number of H-pyrrole nitrogens is 1. The predicted octanol–water partition coefficient (Wildman–Crippen LogP) is 4.06. The number of fused-ring (bicyclic) bond motifs is 1. The first kappa shape index (κ1) is 33.4. The van der Waals surface area contributed by atoms with Crippen molar-refractivity contribution >= 4 is 34.6 Å². The van der Waals surface area contributed by atoms with Gasteiger partial charge in [0, 0.05) is 39.0 Å². The van der Waals surface area contributed by atoms with Crippen molar-refractivity contribution in [1.82, 2.24) is 24.3 Å². The Hall–Kier alpha value is -5.53.